The number of hydrogen-bond acceptors (Lipinski definition) is 5. The molecule has 2 aliphatic heterocycles. The molecule has 2 heterocycles. The van der Waals surface area contributed by atoms with Gasteiger partial charge in [0.1, 0.15) is 6.10 Å². The van der Waals surface area contributed by atoms with Crippen molar-refractivity contribution in [2.45, 2.75) is 38.4 Å². The van der Waals surface area contributed by atoms with E-state index in [-0.39, 0.29) is 36.2 Å². The van der Waals surface area contributed by atoms with Gasteiger partial charge in [-0.1, -0.05) is 0 Å². The molecule has 0 bridgehead atoms. The van der Waals surface area contributed by atoms with Crippen molar-refractivity contribution in [3.05, 3.63) is 0 Å². The van der Waals surface area contributed by atoms with Crippen LogP contribution in [0.25, 0.3) is 0 Å². The molecular formula is C18H37IN4O3. The lowest BCUT2D eigenvalue weighted by Gasteiger charge is -2.37. The number of morpholine rings is 1. The minimum atomic E-state index is 0. The highest BCUT2D eigenvalue weighted by Gasteiger charge is 2.32. The maximum atomic E-state index is 5.95. The van der Waals surface area contributed by atoms with Gasteiger partial charge < -0.3 is 29.3 Å². The van der Waals surface area contributed by atoms with Crippen LogP contribution < -0.4 is 5.32 Å². The maximum absolute atomic E-state index is 5.95. The molecule has 26 heavy (non-hydrogen) atoms. The lowest BCUT2D eigenvalue weighted by molar-refractivity contribution is -0.0817. The zero-order chi connectivity index (χ0) is 17.9. The maximum Gasteiger partial charge on any atom is 0.194 e. The Morgan fingerprint density at radius 2 is 2.08 bits per heavy atom. The van der Waals surface area contributed by atoms with E-state index in [1.54, 1.807) is 7.11 Å². The van der Waals surface area contributed by atoms with Crippen molar-refractivity contribution in [1.82, 2.24) is 15.1 Å². The van der Waals surface area contributed by atoms with Gasteiger partial charge in [0.2, 0.25) is 0 Å². The fraction of sp³-hybridized carbons (Fsp3) is 0.944. The number of hydrogen-bond donors (Lipinski definition) is 1. The van der Waals surface area contributed by atoms with E-state index in [4.69, 9.17) is 19.2 Å². The molecule has 0 aromatic heterocycles. The number of halogens is 1. The lowest BCUT2D eigenvalue weighted by Crippen LogP contribution is -2.53. The molecule has 0 aromatic carbocycles. The van der Waals surface area contributed by atoms with Crippen LogP contribution in [-0.4, -0.2) is 101 Å². The van der Waals surface area contributed by atoms with Crippen LogP contribution in [0.3, 0.4) is 0 Å². The molecule has 2 aliphatic rings. The Kier molecular flexibility index (Phi) is 12.8. The Morgan fingerprint density at radius 3 is 2.77 bits per heavy atom. The van der Waals surface area contributed by atoms with Crippen molar-refractivity contribution < 1.29 is 14.2 Å². The summed E-state index contributed by atoms with van der Waals surface area (Å²) in [6, 6.07) is 0. The van der Waals surface area contributed by atoms with Crippen LogP contribution in [0.5, 0.6) is 0 Å². The smallest absolute Gasteiger partial charge is 0.194 e. The number of nitrogens with one attached hydrogen (secondary N) is 1. The van der Waals surface area contributed by atoms with Crippen LogP contribution >= 0.6 is 24.0 Å². The highest BCUT2D eigenvalue weighted by Crippen LogP contribution is 2.21. The van der Waals surface area contributed by atoms with Gasteiger partial charge in [-0.25, -0.2) is 0 Å². The van der Waals surface area contributed by atoms with E-state index in [2.05, 4.69) is 29.1 Å². The molecule has 0 radical (unpaired) electrons. The monoisotopic (exact) mass is 484 g/mol. The molecule has 8 heteroatoms. The summed E-state index contributed by atoms with van der Waals surface area (Å²) in [5, 5.41) is 3.43. The van der Waals surface area contributed by atoms with Gasteiger partial charge in [-0.15, -0.1) is 24.0 Å². The summed E-state index contributed by atoms with van der Waals surface area (Å²) >= 11 is 0. The zero-order valence-electron chi connectivity index (χ0n) is 16.6. The number of guanidine groups is 1. The molecule has 0 amide bonds. The molecule has 154 valence electrons. The fourth-order valence-corrected chi connectivity index (χ4v) is 3.30. The summed E-state index contributed by atoms with van der Waals surface area (Å²) in [5.74, 6) is 1.01. The number of ether oxygens (including phenoxy) is 3. The summed E-state index contributed by atoms with van der Waals surface area (Å²) in [6.45, 7) is 9.99. The normalized spacial score (nSPS) is 24.0. The summed E-state index contributed by atoms with van der Waals surface area (Å²) in [4.78, 5) is 9.44. The zero-order valence-corrected chi connectivity index (χ0v) is 18.9. The van der Waals surface area contributed by atoms with Gasteiger partial charge in [-0.05, 0) is 39.8 Å². The van der Waals surface area contributed by atoms with Crippen LogP contribution in [-0.2, 0) is 14.2 Å². The van der Waals surface area contributed by atoms with E-state index in [9.17, 15) is 0 Å². The Balaban J connectivity index is 0.00000338. The van der Waals surface area contributed by atoms with Crippen molar-refractivity contribution in [3.63, 3.8) is 0 Å². The molecule has 2 rings (SSSR count). The van der Waals surface area contributed by atoms with Crippen molar-refractivity contribution in [2.75, 3.05) is 73.2 Å². The summed E-state index contributed by atoms with van der Waals surface area (Å²) in [5.41, 5.74) is 0. The van der Waals surface area contributed by atoms with Gasteiger partial charge in [-0.2, -0.15) is 0 Å². The van der Waals surface area contributed by atoms with E-state index < -0.39 is 0 Å². The average Bonchev–Trinajstić information content (AvgIpc) is 3.17. The van der Waals surface area contributed by atoms with E-state index >= 15 is 0 Å². The van der Waals surface area contributed by atoms with Crippen LogP contribution in [0.2, 0.25) is 0 Å². The van der Waals surface area contributed by atoms with Gasteiger partial charge in [0.25, 0.3) is 0 Å². The second-order valence-corrected chi connectivity index (χ2v) is 6.79. The van der Waals surface area contributed by atoms with Gasteiger partial charge in [-0.3, -0.25) is 4.99 Å². The SMILES string of the molecule is CCNC(=NCCCN(C)CCOC)N1CCOC(C2CCCO2)C1.I. The second kappa shape index (κ2) is 13.9. The largest absolute Gasteiger partial charge is 0.383 e. The molecule has 2 fully saturated rings. The molecule has 0 saturated carbocycles. The van der Waals surface area contributed by atoms with Crippen LogP contribution in [0.1, 0.15) is 26.2 Å². The molecule has 0 aliphatic carbocycles. The number of likely N-dealkylation sites (N-methyl/N-ethyl adjacent to an activating group) is 1. The third kappa shape index (κ3) is 8.24. The van der Waals surface area contributed by atoms with Crippen molar-refractivity contribution in [2.24, 2.45) is 4.99 Å². The highest BCUT2D eigenvalue weighted by molar-refractivity contribution is 14.0. The molecule has 2 atom stereocenters. The first-order chi connectivity index (χ1) is 12.2. The molecule has 0 spiro atoms. The van der Waals surface area contributed by atoms with Gasteiger partial charge in [0.05, 0.1) is 19.3 Å². The third-order valence-corrected chi connectivity index (χ3v) is 4.74. The first-order valence-corrected chi connectivity index (χ1v) is 9.68. The molecule has 2 saturated heterocycles. The molecule has 0 aromatic rings. The third-order valence-electron chi connectivity index (χ3n) is 4.74. The average molecular weight is 484 g/mol. The van der Waals surface area contributed by atoms with Crippen LogP contribution in [0.15, 0.2) is 4.99 Å². The van der Waals surface area contributed by atoms with Crippen molar-refractivity contribution >= 4 is 29.9 Å². The number of rotatable bonds is 9. The quantitative estimate of drug-likeness (QED) is 0.231. The Morgan fingerprint density at radius 1 is 1.27 bits per heavy atom. The van der Waals surface area contributed by atoms with E-state index in [1.807, 2.05) is 0 Å². The predicted molar refractivity (Wildman–Crippen MR) is 116 cm³/mol. The first kappa shape index (κ1) is 23.9. The van der Waals surface area contributed by atoms with Crippen LogP contribution in [0.4, 0.5) is 0 Å². The summed E-state index contributed by atoms with van der Waals surface area (Å²) in [6.07, 6.45) is 3.73. The standard InChI is InChI=1S/C18H36N4O3.HI/c1-4-19-18(20-8-6-9-21(2)10-13-23-3)22-11-14-25-17(15-22)16-7-5-12-24-16;/h16-17H,4-15H2,1-3H3,(H,19,20);1H. The lowest BCUT2D eigenvalue weighted by atomic mass is 10.1. The Hall–Kier alpha value is -0.160. The van der Waals surface area contributed by atoms with E-state index in [0.717, 1.165) is 84.3 Å². The van der Waals surface area contributed by atoms with Crippen molar-refractivity contribution in [3.8, 4) is 0 Å². The fourth-order valence-electron chi connectivity index (χ4n) is 3.30. The highest BCUT2D eigenvalue weighted by atomic mass is 127. The molecular weight excluding hydrogens is 447 g/mol. The second-order valence-electron chi connectivity index (χ2n) is 6.79. The summed E-state index contributed by atoms with van der Waals surface area (Å²) in [7, 11) is 3.87. The van der Waals surface area contributed by atoms with Gasteiger partial charge >= 0.3 is 0 Å². The van der Waals surface area contributed by atoms with E-state index in [0.29, 0.717) is 0 Å². The minimum Gasteiger partial charge on any atom is -0.383 e. The summed E-state index contributed by atoms with van der Waals surface area (Å²) < 4.78 is 16.9. The van der Waals surface area contributed by atoms with E-state index in [1.165, 1.54) is 0 Å². The Labute approximate surface area is 175 Å². The topological polar surface area (TPSA) is 58.6 Å². The van der Waals surface area contributed by atoms with Crippen LogP contribution in [0, 0.1) is 0 Å². The number of nitrogens with zero attached hydrogens (tertiary/aromatic N) is 3. The first-order valence-electron chi connectivity index (χ1n) is 9.68. The van der Waals surface area contributed by atoms with Gasteiger partial charge in [0.15, 0.2) is 5.96 Å². The van der Waals surface area contributed by atoms with Gasteiger partial charge in [0, 0.05) is 46.4 Å². The number of aliphatic imine (C=N–C) groups is 1. The minimum absolute atomic E-state index is 0. The number of methoxy groups -OCH3 is 1. The Bertz CT molecular complexity index is 395. The molecule has 7 nitrogen and oxygen atoms in total. The van der Waals surface area contributed by atoms with Crippen molar-refractivity contribution in [1.29, 1.82) is 0 Å². The predicted octanol–water partition coefficient (Wildman–Crippen LogP) is 1.42. The molecule has 2 unspecified atom stereocenters. The molecule has 1 N–H and O–H groups in total.